The predicted molar refractivity (Wildman–Crippen MR) is 83.8 cm³/mol. The van der Waals surface area contributed by atoms with Crippen LogP contribution in [-0.2, 0) is 6.54 Å². The van der Waals surface area contributed by atoms with Crippen molar-refractivity contribution in [3.8, 4) is 22.9 Å². The van der Waals surface area contributed by atoms with E-state index in [1.807, 2.05) is 22.8 Å². The van der Waals surface area contributed by atoms with E-state index in [0.29, 0.717) is 23.0 Å². The molecular formula is C16H15ClN2O2. The summed E-state index contributed by atoms with van der Waals surface area (Å²) in [5, 5.41) is 20.8. The summed E-state index contributed by atoms with van der Waals surface area (Å²) in [6.07, 6.45) is 0.887. The number of rotatable bonds is 3. The van der Waals surface area contributed by atoms with Gasteiger partial charge < -0.3 is 14.8 Å². The molecule has 0 saturated heterocycles. The Morgan fingerprint density at radius 3 is 2.43 bits per heavy atom. The van der Waals surface area contributed by atoms with E-state index < -0.39 is 0 Å². The summed E-state index contributed by atoms with van der Waals surface area (Å²) in [6, 6.07) is 10.2. The minimum Gasteiger partial charge on any atom is -0.507 e. The van der Waals surface area contributed by atoms with Gasteiger partial charge in [0.1, 0.15) is 22.9 Å². The number of hydrogen-bond acceptors (Lipinski definition) is 3. The van der Waals surface area contributed by atoms with Gasteiger partial charge in [-0.2, -0.15) is 0 Å². The summed E-state index contributed by atoms with van der Waals surface area (Å²) < 4.78 is 1.94. The summed E-state index contributed by atoms with van der Waals surface area (Å²) in [7, 11) is 0. The van der Waals surface area contributed by atoms with Gasteiger partial charge in [0.2, 0.25) is 0 Å². The third-order valence-electron chi connectivity index (χ3n) is 3.41. The molecule has 1 aromatic heterocycles. The van der Waals surface area contributed by atoms with Crippen LogP contribution < -0.4 is 0 Å². The largest absolute Gasteiger partial charge is 0.507 e. The smallest absolute Gasteiger partial charge is 0.148 e. The minimum absolute atomic E-state index is 0.00113. The second-order valence-corrected chi connectivity index (χ2v) is 5.27. The standard InChI is InChI=1S/C16H15ClN2O2/c1-2-9-19-15-10(17)5-3-6-11(15)18-16(19)14-12(20)7-4-8-13(14)21/h3-8,20-21H,2,9H2,1H3. The highest BCUT2D eigenvalue weighted by atomic mass is 35.5. The van der Waals surface area contributed by atoms with E-state index in [4.69, 9.17) is 11.6 Å². The van der Waals surface area contributed by atoms with Gasteiger partial charge in [0.25, 0.3) is 0 Å². The first-order valence-electron chi connectivity index (χ1n) is 6.79. The number of phenols is 2. The lowest BCUT2D eigenvalue weighted by Crippen LogP contribution is -2.00. The lowest BCUT2D eigenvalue weighted by Gasteiger charge is -2.11. The highest BCUT2D eigenvalue weighted by Crippen LogP contribution is 2.39. The van der Waals surface area contributed by atoms with E-state index in [1.54, 1.807) is 6.07 Å². The normalized spacial score (nSPS) is 11.1. The van der Waals surface area contributed by atoms with Crippen LogP contribution in [0.15, 0.2) is 36.4 Å². The van der Waals surface area contributed by atoms with Gasteiger partial charge in [-0.05, 0) is 30.7 Å². The molecule has 0 amide bonds. The molecule has 0 aliphatic rings. The fourth-order valence-electron chi connectivity index (χ4n) is 2.53. The molecule has 0 spiro atoms. The Morgan fingerprint density at radius 1 is 1.10 bits per heavy atom. The predicted octanol–water partition coefficient (Wildman–Crippen LogP) is 4.18. The number of imidazole rings is 1. The number of aryl methyl sites for hydroxylation is 1. The molecule has 0 atom stereocenters. The maximum absolute atomic E-state index is 10.1. The van der Waals surface area contributed by atoms with Crippen LogP contribution in [0.5, 0.6) is 11.5 Å². The summed E-state index contributed by atoms with van der Waals surface area (Å²) in [4.78, 5) is 4.54. The lowest BCUT2D eigenvalue weighted by molar-refractivity contribution is 0.452. The average Bonchev–Trinajstić information content (AvgIpc) is 2.79. The molecule has 5 heteroatoms. The Bertz CT molecular complexity index is 791. The number of fused-ring (bicyclic) bond motifs is 1. The van der Waals surface area contributed by atoms with Gasteiger partial charge in [-0.3, -0.25) is 0 Å². The van der Waals surface area contributed by atoms with Crippen LogP contribution in [0.25, 0.3) is 22.4 Å². The highest BCUT2D eigenvalue weighted by molar-refractivity contribution is 6.35. The molecule has 0 radical (unpaired) electrons. The number of aromatic hydroxyl groups is 2. The van der Waals surface area contributed by atoms with Crippen LogP contribution in [0.4, 0.5) is 0 Å². The molecule has 0 saturated carbocycles. The third-order valence-corrected chi connectivity index (χ3v) is 3.71. The van der Waals surface area contributed by atoms with Crippen molar-refractivity contribution in [2.75, 3.05) is 0 Å². The summed E-state index contributed by atoms with van der Waals surface area (Å²) in [5.74, 6) is 0.521. The number of halogens is 1. The molecule has 3 rings (SSSR count). The zero-order valence-corrected chi connectivity index (χ0v) is 12.3. The van der Waals surface area contributed by atoms with Crippen molar-refractivity contribution < 1.29 is 10.2 Å². The topological polar surface area (TPSA) is 58.3 Å². The van der Waals surface area contributed by atoms with E-state index >= 15 is 0 Å². The van der Waals surface area contributed by atoms with Gasteiger partial charge in [-0.25, -0.2) is 4.98 Å². The van der Waals surface area contributed by atoms with Crippen molar-refractivity contribution in [3.05, 3.63) is 41.4 Å². The summed E-state index contributed by atoms with van der Waals surface area (Å²) in [5.41, 5.74) is 1.89. The fourth-order valence-corrected chi connectivity index (χ4v) is 2.80. The number of hydrogen-bond donors (Lipinski definition) is 2. The van der Waals surface area contributed by atoms with Gasteiger partial charge in [0.05, 0.1) is 16.1 Å². The molecular weight excluding hydrogens is 288 g/mol. The van der Waals surface area contributed by atoms with Gasteiger partial charge in [-0.1, -0.05) is 30.7 Å². The first-order chi connectivity index (χ1) is 10.1. The Kier molecular flexibility index (Phi) is 3.47. The molecule has 0 bridgehead atoms. The molecule has 108 valence electrons. The Balaban J connectivity index is 2.37. The first kappa shape index (κ1) is 13.8. The molecule has 4 nitrogen and oxygen atoms in total. The van der Waals surface area contributed by atoms with Crippen molar-refractivity contribution in [1.29, 1.82) is 0 Å². The second-order valence-electron chi connectivity index (χ2n) is 4.87. The van der Waals surface area contributed by atoms with Crippen LogP contribution in [0, 0.1) is 0 Å². The summed E-state index contributed by atoms with van der Waals surface area (Å²) >= 11 is 6.29. The quantitative estimate of drug-likeness (QED) is 0.763. The second kappa shape index (κ2) is 5.30. The maximum atomic E-state index is 10.1. The Morgan fingerprint density at radius 2 is 1.76 bits per heavy atom. The van der Waals surface area contributed by atoms with Gasteiger partial charge in [0, 0.05) is 6.54 Å². The Labute approximate surface area is 127 Å². The molecule has 0 fully saturated rings. The molecule has 0 unspecified atom stereocenters. The van der Waals surface area contributed by atoms with Crippen LogP contribution in [0.3, 0.4) is 0 Å². The van der Waals surface area contributed by atoms with Crippen LogP contribution in [0.2, 0.25) is 5.02 Å². The summed E-state index contributed by atoms with van der Waals surface area (Å²) in [6.45, 7) is 2.75. The zero-order valence-electron chi connectivity index (χ0n) is 11.5. The fraction of sp³-hybridized carbons (Fsp3) is 0.188. The minimum atomic E-state index is -0.00113. The van der Waals surface area contributed by atoms with Crippen molar-refractivity contribution in [1.82, 2.24) is 9.55 Å². The van der Waals surface area contributed by atoms with Crippen molar-refractivity contribution >= 4 is 22.6 Å². The number of phenolic OH excluding ortho intramolecular Hbond substituents is 2. The van der Waals surface area contributed by atoms with E-state index in [1.165, 1.54) is 12.1 Å². The molecule has 21 heavy (non-hydrogen) atoms. The first-order valence-corrected chi connectivity index (χ1v) is 7.17. The van der Waals surface area contributed by atoms with Crippen LogP contribution in [0.1, 0.15) is 13.3 Å². The van der Waals surface area contributed by atoms with E-state index in [0.717, 1.165) is 17.5 Å². The third kappa shape index (κ3) is 2.21. The molecule has 1 heterocycles. The average molecular weight is 303 g/mol. The number of nitrogens with zero attached hydrogens (tertiary/aromatic N) is 2. The molecule has 2 N–H and O–H groups in total. The van der Waals surface area contributed by atoms with Crippen molar-refractivity contribution in [3.63, 3.8) is 0 Å². The zero-order chi connectivity index (χ0) is 15.0. The van der Waals surface area contributed by atoms with Crippen LogP contribution >= 0.6 is 11.6 Å². The van der Waals surface area contributed by atoms with E-state index in [-0.39, 0.29) is 11.5 Å². The van der Waals surface area contributed by atoms with Crippen LogP contribution in [-0.4, -0.2) is 19.8 Å². The SMILES string of the molecule is CCCn1c(-c2c(O)cccc2O)nc2cccc(Cl)c21. The number of benzene rings is 2. The van der Waals surface area contributed by atoms with Crippen molar-refractivity contribution in [2.45, 2.75) is 19.9 Å². The van der Waals surface area contributed by atoms with Gasteiger partial charge >= 0.3 is 0 Å². The van der Waals surface area contributed by atoms with Gasteiger partial charge in [0.15, 0.2) is 0 Å². The number of aromatic nitrogens is 2. The van der Waals surface area contributed by atoms with E-state index in [2.05, 4.69) is 11.9 Å². The van der Waals surface area contributed by atoms with Crippen molar-refractivity contribution in [2.24, 2.45) is 0 Å². The molecule has 3 aromatic rings. The maximum Gasteiger partial charge on any atom is 0.148 e. The lowest BCUT2D eigenvalue weighted by atomic mass is 10.1. The van der Waals surface area contributed by atoms with Gasteiger partial charge in [-0.15, -0.1) is 0 Å². The van der Waals surface area contributed by atoms with E-state index in [9.17, 15) is 10.2 Å². The Hall–Kier alpha value is -2.20. The molecule has 2 aromatic carbocycles. The monoisotopic (exact) mass is 302 g/mol. The number of para-hydroxylation sites is 1. The highest BCUT2D eigenvalue weighted by Gasteiger charge is 2.19. The molecule has 0 aliphatic carbocycles. The molecule has 0 aliphatic heterocycles.